The topological polar surface area (TPSA) is 32.3 Å². The van der Waals surface area contributed by atoms with Crippen LogP contribution in [0, 0.1) is 0 Å². The quantitative estimate of drug-likeness (QED) is 0.876. The van der Waals surface area contributed by atoms with Crippen molar-refractivity contribution in [2.45, 2.75) is 63.6 Å². The van der Waals surface area contributed by atoms with Crippen molar-refractivity contribution >= 4 is 21.8 Å². The van der Waals surface area contributed by atoms with Gasteiger partial charge in [-0.1, -0.05) is 25.5 Å². The summed E-state index contributed by atoms with van der Waals surface area (Å²) in [4.78, 5) is 15.2. The standard InChI is InChI=1S/C18H25BrN2O/c1-2-10-21-14-6-5-7-15(21)12-13(11-14)20-18(22)16-8-3-4-9-17(16)19/h3-4,8-9,13-15H,2,5-7,10-12H2,1H3,(H,20,22)/t13?,14-,15+. The van der Waals surface area contributed by atoms with Crippen molar-refractivity contribution in [2.75, 3.05) is 6.54 Å². The summed E-state index contributed by atoms with van der Waals surface area (Å²) in [7, 11) is 0. The van der Waals surface area contributed by atoms with Crippen LogP contribution < -0.4 is 5.32 Å². The van der Waals surface area contributed by atoms with E-state index in [1.54, 1.807) is 0 Å². The molecule has 1 aromatic rings. The number of benzene rings is 1. The maximum Gasteiger partial charge on any atom is 0.252 e. The van der Waals surface area contributed by atoms with E-state index in [0.717, 1.165) is 22.9 Å². The molecule has 2 aliphatic heterocycles. The fraction of sp³-hybridized carbons (Fsp3) is 0.611. The molecule has 1 N–H and O–H groups in total. The molecule has 2 saturated heterocycles. The van der Waals surface area contributed by atoms with Crippen molar-refractivity contribution < 1.29 is 4.79 Å². The summed E-state index contributed by atoms with van der Waals surface area (Å²) in [5, 5.41) is 3.27. The van der Waals surface area contributed by atoms with Gasteiger partial charge < -0.3 is 5.32 Å². The molecule has 3 rings (SSSR count). The van der Waals surface area contributed by atoms with E-state index < -0.39 is 0 Å². The van der Waals surface area contributed by atoms with E-state index in [1.807, 2.05) is 24.3 Å². The fourth-order valence-corrected chi connectivity index (χ4v) is 4.59. The molecule has 1 aromatic carbocycles. The molecule has 120 valence electrons. The highest BCUT2D eigenvalue weighted by Crippen LogP contribution is 2.34. The largest absolute Gasteiger partial charge is 0.349 e. The smallest absolute Gasteiger partial charge is 0.252 e. The third-order valence-electron chi connectivity index (χ3n) is 5.06. The molecule has 3 nitrogen and oxygen atoms in total. The molecule has 0 saturated carbocycles. The zero-order chi connectivity index (χ0) is 15.5. The van der Waals surface area contributed by atoms with Gasteiger partial charge in [0.15, 0.2) is 0 Å². The van der Waals surface area contributed by atoms with E-state index in [0.29, 0.717) is 18.1 Å². The number of halogens is 1. The van der Waals surface area contributed by atoms with Crippen molar-refractivity contribution in [3.8, 4) is 0 Å². The molecule has 0 spiro atoms. The number of carbonyl (C=O) groups is 1. The van der Waals surface area contributed by atoms with Crippen LogP contribution in [-0.2, 0) is 0 Å². The molecular weight excluding hydrogens is 340 g/mol. The number of carbonyl (C=O) groups excluding carboxylic acids is 1. The molecule has 0 radical (unpaired) electrons. The maximum absolute atomic E-state index is 12.5. The molecule has 22 heavy (non-hydrogen) atoms. The molecule has 1 unspecified atom stereocenters. The molecule has 1 amide bonds. The number of hydrogen-bond donors (Lipinski definition) is 1. The number of amides is 1. The zero-order valence-corrected chi connectivity index (χ0v) is 14.8. The lowest BCUT2D eigenvalue weighted by molar-refractivity contribution is 0.0245. The minimum absolute atomic E-state index is 0.0551. The Kier molecular flexibility index (Phi) is 5.19. The second-order valence-corrected chi connectivity index (χ2v) is 7.45. The molecule has 4 heteroatoms. The molecule has 0 aromatic heterocycles. The van der Waals surface area contributed by atoms with Crippen LogP contribution in [0.4, 0.5) is 0 Å². The van der Waals surface area contributed by atoms with E-state index in [4.69, 9.17) is 0 Å². The van der Waals surface area contributed by atoms with Gasteiger partial charge in [0.05, 0.1) is 5.56 Å². The number of nitrogens with zero attached hydrogens (tertiary/aromatic N) is 1. The Balaban J connectivity index is 1.65. The van der Waals surface area contributed by atoms with E-state index in [-0.39, 0.29) is 5.91 Å². The summed E-state index contributed by atoms with van der Waals surface area (Å²) in [6.07, 6.45) is 7.36. The summed E-state index contributed by atoms with van der Waals surface area (Å²) in [5.74, 6) is 0.0551. The van der Waals surface area contributed by atoms with Crippen molar-refractivity contribution in [3.63, 3.8) is 0 Å². The third kappa shape index (κ3) is 3.38. The molecule has 3 atom stereocenters. The SMILES string of the molecule is CCCN1[C@@H]2CCC[C@H]1CC(NC(=O)c1ccccc1Br)C2. The molecular formula is C18H25BrN2O. The first-order valence-electron chi connectivity index (χ1n) is 8.50. The number of nitrogens with one attached hydrogen (secondary N) is 1. The van der Waals surface area contributed by atoms with Crippen LogP contribution in [0.1, 0.15) is 55.8 Å². The molecule has 2 heterocycles. The lowest BCUT2D eigenvalue weighted by Gasteiger charge is -2.49. The first-order valence-corrected chi connectivity index (χ1v) is 9.29. The lowest BCUT2D eigenvalue weighted by Crippen LogP contribution is -2.57. The maximum atomic E-state index is 12.5. The Labute approximate surface area is 141 Å². The first kappa shape index (κ1) is 16.0. The van der Waals surface area contributed by atoms with Gasteiger partial charge in [0, 0.05) is 22.6 Å². The van der Waals surface area contributed by atoms with Crippen LogP contribution in [0.15, 0.2) is 28.7 Å². The van der Waals surface area contributed by atoms with Gasteiger partial charge in [-0.3, -0.25) is 9.69 Å². The molecule has 2 aliphatic rings. The normalized spacial score (nSPS) is 28.4. The number of fused-ring (bicyclic) bond motifs is 2. The molecule has 2 bridgehead atoms. The summed E-state index contributed by atoms with van der Waals surface area (Å²) < 4.78 is 0.871. The Morgan fingerprint density at radius 3 is 2.59 bits per heavy atom. The Hall–Kier alpha value is -0.870. The summed E-state index contributed by atoms with van der Waals surface area (Å²) in [6, 6.07) is 9.31. The van der Waals surface area contributed by atoms with Gasteiger partial charge in [0.25, 0.3) is 5.91 Å². The Morgan fingerprint density at radius 2 is 1.95 bits per heavy atom. The highest BCUT2D eigenvalue weighted by Gasteiger charge is 2.38. The number of hydrogen-bond acceptors (Lipinski definition) is 2. The van der Waals surface area contributed by atoms with Gasteiger partial charge >= 0.3 is 0 Å². The van der Waals surface area contributed by atoms with Gasteiger partial charge in [0.2, 0.25) is 0 Å². The van der Waals surface area contributed by atoms with Crippen LogP contribution in [0.2, 0.25) is 0 Å². The molecule has 2 fully saturated rings. The van der Waals surface area contributed by atoms with Crippen LogP contribution in [0.25, 0.3) is 0 Å². The Morgan fingerprint density at radius 1 is 1.27 bits per heavy atom. The first-order chi connectivity index (χ1) is 10.7. The Bertz CT molecular complexity index is 520. The van der Waals surface area contributed by atoms with Crippen LogP contribution >= 0.6 is 15.9 Å². The fourth-order valence-electron chi connectivity index (χ4n) is 4.13. The van der Waals surface area contributed by atoms with Crippen molar-refractivity contribution in [2.24, 2.45) is 0 Å². The minimum Gasteiger partial charge on any atom is -0.349 e. The third-order valence-corrected chi connectivity index (χ3v) is 5.75. The second kappa shape index (κ2) is 7.14. The van der Waals surface area contributed by atoms with Gasteiger partial charge in [0.1, 0.15) is 0 Å². The summed E-state index contributed by atoms with van der Waals surface area (Å²) in [5.41, 5.74) is 0.739. The van der Waals surface area contributed by atoms with Gasteiger partial charge in [-0.15, -0.1) is 0 Å². The van der Waals surface area contributed by atoms with Crippen molar-refractivity contribution in [3.05, 3.63) is 34.3 Å². The number of piperidine rings is 2. The minimum atomic E-state index is 0.0551. The van der Waals surface area contributed by atoms with Gasteiger partial charge in [-0.25, -0.2) is 0 Å². The van der Waals surface area contributed by atoms with Crippen LogP contribution in [0.3, 0.4) is 0 Å². The average molecular weight is 365 g/mol. The summed E-state index contributed by atoms with van der Waals surface area (Å²) in [6.45, 7) is 3.47. The van der Waals surface area contributed by atoms with Gasteiger partial charge in [-0.05, 0) is 66.7 Å². The van der Waals surface area contributed by atoms with E-state index in [9.17, 15) is 4.79 Å². The molecule has 0 aliphatic carbocycles. The van der Waals surface area contributed by atoms with Crippen LogP contribution in [0.5, 0.6) is 0 Å². The zero-order valence-electron chi connectivity index (χ0n) is 13.2. The monoisotopic (exact) mass is 364 g/mol. The number of rotatable bonds is 4. The van der Waals surface area contributed by atoms with E-state index in [2.05, 4.69) is 33.1 Å². The van der Waals surface area contributed by atoms with E-state index >= 15 is 0 Å². The van der Waals surface area contributed by atoms with Gasteiger partial charge in [-0.2, -0.15) is 0 Å². The highest BCUT2D eigenvalue weighted by molar-refractivity contribution is 9.10. The van der Waals surface area contributed by atoms with E-state index in [1.165, 1.54) is 32.2 Å². The predicted octanol–water partition coefficient (Wildman–Crippen LogP) is 3.97. The lowest BCUT2D eigenvalue weighted by atomic mass is 9.81. The highest BCUT2D eigenvalue weighted by atomic mass is 79.9. The summed E-state index contributed by atoms with van der Waals surface area (Å²) >= 11 is 3.47. The average Bonchev–Trinajstić information content (AvgIpc) is 2.48. The predicted molar refractivity (Wildman–Crippen MR) is 93.1 cm³/mol. The second-order valence-electron chi connectivity index (χ2n) is 6.60. The van der Waals surface area contributed by atoms with Crippen molar-refractivity contribution in [1.82, 2.24) is 10.2 Å². The van der Waals surface area contributed by atoms with Crippen molar-refractivity contribution in [1.29, 1.82) is 0 Å². The van der Waals surface area contributed by atoms with Crippen LogP contribution in [-0.4, -0.2) is 35.5 Å².